The van der Waals surface area contributed by atoms with E-state index < -0.39 is 10.0 Å². The van der Waals surface area contributed by atoms with Crippen molar-refractivity contribution in [3.8, 4) is 22.5 Å². The summed E-state index contributed by atoms with van der Waals surface area (Å²) in [6.07, 6.45) is 3.34. The fraction of sp³-hybridized carbons (Fsp3) is 0.0741. The Morgan fingerprint density at radius 3 is 2.18 bits per heavy atom. The van der Waals surface area contributed by atoms with Gasteiger partial charge in [-0.25, -0.2) is 17.4 Å². The second-order valence-electron chi connectivity index (χ2n) is 8.13. The van der Waals surface area contributed by atoms with E-state index in [0.717, 1.165) is 51.7 Å². The minimum Gasteiger partial charge on any atom is -0.332 e. The van der Waals surface area contributed by atoms with Crippen molar-refractivity contribution in [1.29, 1.82) is 0 Å². The molecule has 6 rings (SSSR count). The molecule has 0 fully saturated rings. The molecule has 0 saturated heterocycles. The number of fused-ring (bicyclic) bond motifs is 3. The number of thiazole rings is 1. The van der Waals surface area contributed by atoms with Crippen molar-refractivity contribution in [1.82, 2.24) is 8.96 Å². The highest BCUT2D eigenvalue weighted by molar-refractivity contribution is 7.90. The Morgan fingerprint density at radius 1 is 0.824 bits per heavy atom. The lowest BCUT2D eigenvalue weighted by Gasteiger charge is -2.14. The minimum atomic E-state index is -3.78. The van der Waals surface area contributed by atoms with E-state index in [9.17, 15) is 8.42 Å². The van der Waals surface area contributed by atoms with Gasteiger partial charge in [0.1, 0.15) is 0 Å². The third kappa shape index (κ3) is 3.54. The van der Waals surface area contributed by atoms with Crippen LogP contribution in [0.25, 0.3) is 22.5 Å². The van der Waals surface area contributed by atoms with Crippen LogP contribution >= 0.6 is 11.3 Å². The van der Waals surface area contributed by atoms with Crippen molar-refractivity contribution in [2.24, 2.45) is 0 Å². The fourth-order valence-corrected chi connectivity index (χ4v) is 6.86. The molecule has 0 aliphatic heterocycles. The Bertz CT molecular complexity index is 1570. The summed E-state index contributed by atoms with van der Waals surface area (Å²) >= 11 is 1.63. The van der Waals surface area contributed by atoms with E-state index >= 15 is 0 Å². The number of aryl methyl sites for hydroxylation is 1. The lowest BCUT2D eigenvalue weighted by atomic mass is 9.93. The van der Waals surface area contributed by atoms with Gasteiger partial charge < -0.3 is 5.32 Å². The highest BCUT2D eigenvalue weighted by Crippen LogP contribution is 2.44. The summed E-state index contributed by atoms with van der Waals surface area (Å²) in [6, 6.07) is 28.3. The highest BCUT2D eigenvalue weighted by Gasteiger charge is 2.31. The first-order chi connectivity index (χ1) is 16.6. The molecule has 0 bridgehead atoms. The molecule has 1 aliphatic rings. The predicted molar refractivity (Wildman–Crippen MR) is 137 cm³/mol. The molecular weight excluding hydrogens is 462 g/mol. The highest BCUT2D eigenvalue weighted by atomic mass is 32.2. The average Bonchev–Trinajstić information content (AvgIpc) is 3.47. The lowest BCUT2D eigenvalue weighted by molar-refractivity contribution is 0.588. The summed E-state index contributed by atoms with van der Waals surface area (Å²) in [7, 11) is -3.78. The van der Waals surface area contributed by atoms with Gasteiger partial charge >= 0.3 is 0 Å². The Labute approximate surface area is 202 Å². The van der Waals surface area contributed by atoms with Crippen LogP contribution in [0, 0.1) is 0 Å². The summed E-state index contributed by atoms with van der Waals surface area (Å²) in [4.78, 5) is 6.32. The zero-order chi connectivity index (χ0) is 23.1. The van der Waals surface area contributed by atoms with Crippen LogP contribution in [0.15, 0.2) is 102 Å². The van der Waals surface area contributed by atoms with Crippen molar-refractivity contribution in [3.63, 3.8) is 0 Å². The Hall–Kier alpha value is -3.68. The molecule has 3 aromatic carbocycles. The first-order valence-corrected chi connectivity index (χ1v) is 13.3. The number of anilines is 2. The number of rotatable bonds is 5. The number of para-hydroxylation sites is 1. The number of aromatic nitrogens is 2. The van der Waals surface area contributed by atoms with Crippen molar-refractivity contribution < 1.29 is 8.42 Å². The quantitative estimate of drug-likeness (QED) is 0.316. The third-order valence-corrected chi connectivity index (χ3v) is 8.71. The smallest absolute Gasteiger partial charge is 0.268 e. The van der Waals surface area contributed by atoms with Crippen LogP contribution in [-0.4, -0.2) is 17.4 Å². The maximum absolute atomic E-state index is 13.7. The van der Waals surface area contributed by atoms with Crippen molar-refractivity contribution >= 4 is 32.2 Å². The number of nitrogens with zero attached hydrogens (tertiary/aromatic N) is 2. The predicted octanol–water partition coefficient (Wildman–Crippen LogP) is 6.36. The van der Waals surface area contributed by atoms with Gasteiger partial charge in [-0.15, -0.1) is 11.3 Å². The van der Waals surface area contributed by atoms with Crippen LogP contribution in [-0.2, 0) is 22.9 Å². The first-order valence-electron chi connectivity index (χ1n) is 11.0. The van der Waals surface area contributed by atoms with Crippen LogP contribution < -0.4 is 5.32 Å². The summed E-state index contributed by atoms with van der Waals surface area (Å²) < 4.78 is 28.9. The Kier molecular flexibility index (Phi) is 5.08. The van der Waals surface area contributed by atoms with E-state index in [4.69, 9.17) is 4.98 Å². The zero-order valence-corrected chi connectivity index (χ0v) is 19.8. The minimum absolute atomic E-state index is 0.268. The standard InChI is InChI=1S/C27H21N3O2S2/c31-34(32,21-14-8-3-9-15-21)30-18-23-22(26(30)19-10-4-1-5-11-19)16-17-24-25(23)29-27(33-24)28-20-12-6-2-7-13-20/h1-15,18H,16-17H2,(H,28,29). The number of nitrogens with one attached hydrogen (secondary N) is 1. The molecule has 5 nitrogen and oxygen atoms in total. The molecule has 0 spiro atoms. The van der Waals surface area contributed by atoms with Gasteiger partial charge in [-0.05, 0) is 48.2 Å². The molecule has 34 heavy (non-hydrogen) atoms. The first kappa shape index (κ1) is 20.9. The molecule has 5 aromatic rings. The second-order valence-corrected chi connectivity index (χ2v) is 11.0. The molecule has 0 unspecified atom stereocenters. The van der Waals surface area contributed by atoms with Gasteiger partial charge in [0.15, 0.2) is 5.13 Å². The molecule has 7 heteroatoms. The molecule has 2 heterocycles. The molecule has 1 aliphatic carbocycles. The summed E-state index contributed by atoms with van der Waals surface area (Å²) in [6.45, 7) is 0. The van der Waals surface area contributed by atoms with Crippen molar-refractivity contribution in [3.05, 3.63) is 108 Å². The number of hydrogen-bond acceptors (Lipinski definition) is 5. The van der Waals surface area contributed by atoms with Gasteiger partial charge in [0.2, 0.25) is 0 Å². The summed E-state index contributed by atoms with van der Waals surface area (Å²) in [5.74, 6) is 0. The van der Waals surface area contributed by atoms with Gasteiger partial charge in [-0.2, -0.15) is 0 Å². The maximum Gasteiger partial charge on any atom is 0.268 e. The molecule has 168 valence electrons. The normalized spacial score (nSPS) is 12.7. The maximum atomic E-state index is 13.7. The van der Waals surface area contributed by atoms with Gasteiger partial charge in [0, 0.05) is 22.3 Å². The molecule has 0 saturated carbocycles. The third-order valence-electron chi connectivity index (χ3n) is 6.00. The SMILES string of the molecule is O=S(=O)(c1ccccc1)n1cc2c(c1-c1ccccc1)CCc1sc(Nc3ccccc3)nc1-2. The van der Waals surface area contributed by atoms with Gasteiger partial charge in [-0.3, -0.25) is 0 Å². The van der Waals surface area contributed by atoms with E-state index in [2.05, 4.69) is 5.32 Å². The summed E-state index contributed by atoms with van der Waals surface area (Å²) in [5, 5.41) is 4.19. The van der Waals surface area contributed by atoms with E-state index in [1.807, 2.05) is 66.7 Å². The van der Waals surface area contributed by atoms with Crippen molar-refractivity contribution in [2.75, 3.05) is 5.32 Å². The van der Waals surface area contributed by atoms with Crippen molar-refractivity contribution in [2.45, 2.75) is 17.7 Å². The fourth-order valence-electron chi connectivity index (χ4n) is 4.44. The molecule has 0 amide bonds. The second kappa shape index (κ2) is 8.27. The van der Waals surface area contributed by atoms with Gasteiger partial charge in [-0.1, -0.05) is 66.7 Å². The Balaban J connectivity index is 1.52. The molecule has 2 aromatic heterocycles. The Morgan fingerprint density at radius 2 is 1.47 bits per heavy atom. The number of benzene rings is 3. The summed E-state index contributed by atoms with van der Waals surface area (Å²) in [5.41, 5.74) is 5.35. The largest absolute Gasteiger partial charge is 0.332 e. The average molecular weight is 484 g/mol. The van der Waals surface area contributed by atoms with Gasteiger partial charge in [0.25, 0.3) is 10.0 Å². The van der Waals surface area contributed by atoms with Crippen LogP contribution in [0.3, 0.4) is 0 Å². The zero-order valence-electron chi connectivity index (χ0n) is 18.2. The number of hydrogen-bond donors (Lipinski definition) is 1. The van der Waals surface area contributed by atoms with Crippen LogP contribution in [0.5, 0.6) is 0 Å². The monoisotopic (exact) mass is 483 g/mol. The van der Waals surface area contributed by atoms with E-state index in [1.165, 1.54) is 8.85 Å². The molecule has 0 radical (unpaired) electrons. The lowest BCUT2D eigenvalue weighted by Crippen LogP contribution is -2.13. The van der Waals surface area contributed by atoms with E-state index in [0.29, 0.717) is 0 Å². The van der Waals surface area contributed by atoms with Crippen LogP contribution in [0.4, 0.5) is 10.8 Å². The van der Waals surface area contributed by atoms with Crippen LogP contribution in [0.2, 0.25) is 0 Å². The van der Waals surface area contributed by atoms with E-state index in [1.54, 1.807) is 41.8 Å². The molecular formula is C27H21N3O2S2. The van der Waals surface area contributed by atoms with Gasteiger partial charge in [0.05, 0.1) is 16.3 Å². The topological polar surface area (TPSA) is 64.0 Å². The van der Waals surface area contributed by atoms with Crippen LogP contribution in [0.1, 0.15) is 10.4 Å². The molecule has 1 N–H and O–H groups in total. The van der Waals surface area contributed by atoms with E-state index in [-0.39, 0.29) is 4.90 Å². The molecule has 0 atom stereocenters.